The number of aromatic nitrogens is 1. The molecule has 0 aliphatic heterocycles. The van der Waals surface area contributed by atoms with Crippen LogP contribution in [0.25, 0.3) is 10.9 Å². The van der Waals surface area contributed by atoms with Crippen molar-refractivity contribution < 1.29 is 4.98 Å². The molecule has 0 aliphatic carbocycles. The third-order valence-corrected chi connectivity index (χ3v) is 5.42. The van der Waals surface area contributed by atoms with Gasteiger partial charge in [0.2, 0.25) is 0 Å². The summed E-state index contributed by atoms with van der Waals surface area (Å²) < 4.78 is 0. The number of halogens is 1. The molecule has 0 aliphatic rings. The first-order chi connectivity index (χ1) is 13.7. The van der Waals surface area contributed by atoms with Gasteiger partial charge in [0, 0.05) is 28.5 Å². The highest BCUT2D eigenvalue weighted by Crippen LogP contribution is 2.28. The quantitative estimate of drug-likeness (QED) is 0.415. The largest absolute Gasteiger partial charge is 0.274 e. The van der Waals surface area contributed by atoms with E-state index < -0.39 is 0 Å². The van der Waals surface area contributed by atoms with E-state index in [1.54, 1.807) is 0 Å². The molecule has 1 aromatic heterocycles. The molecule has 0 amide bonds. The molecule has 0 spiro atoms. The average Bonchev–Trinajstić information content (AvgIpc) is 2.72. The summed E-state index contributed by atoms with van der Waals surface area (Å²) in [5.41, 5.74) is 4.98. The Bertz CT molecular complexity index is 1020. The summed E-state index contributed by atoms with van der Waals surface area (Å²) >= 11 is 6.16. The maximum atomic E-state index is 6.16. The zero-order valence-corrected chi connectivity index (χ0v) is 16.7. The number of aryl methyl sites for hydroxylation is 1. The van der Waals surface area contributed by atoms with E-state index in [1.165, 1.54) is 22.1 Å². The summed E-state index contributed by atoms with van der Waals surface area (Å²) in [6, 6.07) is 29.6. The lowest BCUT2D eigenvalue weighted by Crippen LogP contribution is -2.17. The van der Waals surface area contributed by atoms with Crippen molar-refractivity contribution >= 4 is 28.3 Å². The van der Waals surface area contributed by atoms with Gasteiger partial charge in [-0.2, -0.15) is 0 Å². The summed E-state index contributed by atoms with van der Waals surface area (Å²) in [7, 11) is 0. The first-order valence-corrected chi connectivity index (χ1v) is 10.0. The van der Waals surface area contributed by atoms with Crippen LogP contribution in [0.4, 0.5) is 5.82 Å². The third-order valence-electron chi connectivity index (χ3n) is 5.19. The number of fused-ring (bicyclic) bond motifs is 1. The fraction of sp³-hybridized carbons (Fsp3) is 0.160. The highest BCUT2D eigenvalue weighted by atomic mass is 35.5. The number of rotatable bonds is 6. The Hall–Kier alpha value is -2.84. The van der Waals surface area contributed by atoms with E-state index >= 15 is 0 Å². The van der Waals surface area contributed by atoms with E-state index in [1.807, 2.05) is 12.1 Å². The topological polar surface area (TPSA) is 26.2 Å². The smallest absolute Gasteiger partial charge is 0.272 e. The number of aromatic amines is 1. The van der Waals surface area contributed by atoms with Gasteiger partial charge in [0.15, 0.2) is 0 Å². The van der Waals surface area contributed by atoms with Crippen molar-refractivity contribution in [2.45, 2.75) is 19.3 Å². The zero-order valence-electron chi connectivity index (χ0n) is 16.0. The maximum absolute atomic E-state index is 6.16. The van der Waals surface area contributed by atoms with E-state index in [0.717, 1.165) is 29.3 Å². The second-order valence-electron chi connectivity index (χ2n) is 7.15. The predicted molar refractivity (Wildman–Crippen MR) is 118 cm³/mol. The van der Waals surface area contributed by atoms with Crippen molar-refractivity contribution in [1.82, 2.24) is 0 Å². The minimum atomic E-state index is 0.367. The Labute approximate surface area is 171 Å². The van der Waals surface area contributed by atoms with Gasteiger partial charge in [0.1, 0.15) is 5.52 Å². The lowest BCUT2D eigenvalue weighted by atomic mass is 9.88. The number of hydrogen-bond donors (Lipinski definition) is 1. The lowest BCUT2D eigenvalue weighted by Gasteiger charge is -2.17. The molecule has 0 unspecified atom stereocenters. The van der Waals surface area contributed by atoms with Crippen LogP contribution >= 0.6 is 11.6 Å². The molecule has 0 radical (unpaired) electrons. The summed E-state index contributed by atoms with van der Waals surface area (Å²) in [5, 5.41) is 5.51. The molecule has 0 bridgehead atoms. The van der Waals surface area contributed by atoms with Crippen molar-refractivity contribution in [3.8, 4) is 0 Å². The molecule has 0 saturated carbocycles. The van der Waals surface area contributed by atoms with Crippen molar-refractivity contribution in [3.05, 3.63) is 107 Å². The van der Waals surface area contributed by atoms with Gasteiger partial charge in [0.25, 0.3) is 5.82 Å². The highest BCUT2D eigenvalue weighted by Gasteiger charge is 2.15. The molecule has 2 N–H and O–H groups in total. The normalized spacial score (nSPS) is 11.1. The SMILES string of the molecule is Cc1cc(NCCC(c2ccccc2)c2ccccc2)[nH+]c2cc(Cl)ccc12. The van der Waals surface area contributed by atoms with Gasteiger partial charge >= 0.3 is 0 Å². The number of pyridine rings is 1. The standard InChI is InChI=1S/C25H23ClN2/c1-18-16-25(28-24-17-21(26)12-13-22(18)24)27-15-14-23(19-8-4-2-5-9-19)20-10-6-3-7-11-20/h2-13,16-17,23H,14-15H2,1H3,(H,27,28)/p+1. The molecule has 4 aromatic rings. The van der Waals surface area contributed by atoms with E-state index in [0.29, 0.717) is 5.92 Å². The Morgan fingerprint density at radius 3 is 2.14 bits per heavy atom. The van der Waals surface area contributed by atoms with Crippen LogP contribution in [0.15, 0.2) is 84.9 Å². The van der Waals surface area contributed by atoms with Crippen LogP contribution in [-0.4, -0.2) is 6.54 Å². The maximum Gasteiger partial charge on any atom is 0.272 e. The van der Waals surface area contributed by atoms with E-state index in [9.17, 15) is 0 Å². The van der Waals surface area contributed by atoms with Crippen molar-refractivity contribution in [3.63, 3.8) is 0 Å². The van der Waals surface area contributed by atoms with Crippen LogP contribution in [0.2, 0.25) is 5.02 Å². The van der Waals surface area contributed by atoms with Crippen LogP contribution in [0.3, 0.4) is 0 Å². The molecular formula is C25H24ClN2+. The molecule has 3 heteroatoms. The average molecular weight is 388 g/mol. The number of benzene rings is 3. The molecule has 3 aromatic carbocycles. The third kappa shape index (κ3) is 4.18. The van der Waals surface area contributed by atoms with Crippen LogP contribution in [0.1, 0.15) is 29.0 Å². The minimum Gasteiger partial charge on any atom is -0.274 e. The van der Waals surface area contributed by atoms with Gasteiger partial charge < -0.3 is 0 Å². The Morgan fingerprint density at radius 2 is 1.50 bits per heavy atom. The fourth-order valence-electron chi connectivity index (χ4n) is 3.78. The van der Waals surface area contributed by atoms with E-state index in [2.05, 4.69) is 90.0 Å². The predicted octanol–water partition coefficient (Wildman–Crippen LogP) is 6.25. The molecule has 0 saturated heterocycles. The number of hydrogen-bond acceptors (Lipinski definition) is 1. The molecule has 28 heavy (non-hydrogen) atoms. The van der Waals surface area contributed by atoms with Crippen LogP contribution < -0.4 is 10.3 Å². The molecular weight excluding hydrogens is 364 g/mol. The van der Waals surface area contributed by atoms with Crippen LogP contribution in [0, 0.1) is 6.92 Å². The molecule has 0 fully saturated rings. The van der Waals surface area contributed by atoms with Gasteiger partial charge in [-0.1, -0.05) is 72.3 Å². The van der Waals surface area contributed by atoms with Crippen molar-refractivity contribution in [2.24, 2.45) is 0 Å². The van der Waals surface area contributed by atoms with Gasteiger partial charge in [0.05, 0.1) is 6.54 Å². The number of anilines is 1. The van der Waals surface area contributed by atoms with Crippen LogP contribution in [0.5, 0.6) is 0 Å². The van der Waals surface area contributed by atoms with E-state index in [4.69, 9.17) is 11.6 Å². The van der Waals surface area contributed by atoms with Crippen LogP contribution in [-0.2, 0) is 0 Å². The lowest BCUT2D eigenvalue weighted by molar-refractivity contribution is -0.327. The Morgan fingerprint density at radius 1 is 0.857 bits per heavy atom. The Kier molecular flexibility index (Phi) is 5.59. The first kappa shape index (κ1) is 18.5. The summed E-state index contributed by atoms with van der Waals surface area (Å²) in [4.78, 5) is 3.47. The number of nitrogens with one attached hydrogen (secondary N) is 2. The van der Waals surface area contributed by atoms with Gasteiger partial charge in [-0.15, -0.1) is 0 Å². The summed E-state index contributed by atoms with van der Waals surface area (Å²) in [5.74, 6) is 1.39. The van der Waals surface area contributed by atoms with Crippen molar-refractivity contribution in [2.75, 3.05) is 11.9 Å². The molecule has 140 valence electrons. The first-order valence-electron chi connectivity index (χ1n) is 9.66. The second-order valence-corrected chi connectivity index (χ2v) is 7.58. The molecule has 0 atom stereocenters. The summed E-state index contributed by atoms with van der Waals surface area (Å²) in [6.45, 7) is 3.00. The fourth-order valence-corrected chi connectivity index (χ4v) is 3.95. The van der Waals surface area contributed by atoms with Gasteiger partial charge in [-0.3, -0.25) is 5.32 Å². The Balaban J connectivity index is 1.53. The second kappa shape index (κ2) is 8.45. The number of H-pyrrole nitrogens is 1. The summed E-state index contributed by atoms with van der Waals surface area (Å²) in [6.07, 6.45) is 1.01. The molecule has 4 rings (SSSR count). The van der Waals surface area contributed by atoms with Gasteiger partial charge in [-0.25, -0.2) is 4.98 Å². The minimum absolute atomic E-state index is 0.367. The van der Waals surface area contributed by atoms with Gasteiger partial charge in [-0.05, 0) is 42.2 Å². The monoisotopic (exact) mass is 387 g/mol. The molecule has 2 nitrogen and oxygen atoms in total. The highest BCUT2D eigenvalue weighted by molar-refractivity contribution is 6.31. The van der Waals surface area contributed by atoms with Crippen molar-refractivity contribution in [1.29, 1.82) is 0 Å². The van der Waals surface area contributed by atoms with E-state index in [-0.39, 0.29) is 0 Å². The molecule has 1 heterocycles. The zero-order chi connectivity index (χ0) is 19.3.